The first-order chi connectivity index (χ1) is 13.6. The first-order valence-electron chi connectivity index (χ1n) is 9.69. The second kappa shape index (κ2) is 8.07. The summed E-state index contributed by atoms with van der Waals surface area (Å²) in [4.78, 5) is 12.4. The SMILES string of the molecule is CCn1c(C2CC(NC(=O)Cc3ccc(Br)cc3)NN2)c(C)c2ccccc21. The molecule has 1 aromatic heterocycles. The summed E-state index contributed by atoms with van der Waals surface area (Å²) in [6.07, 6.45) is 1.10. The van der Waals surface area contributed by atoms with E-state index in [4.69, 9.17) is 0 Å². The fourth-order valence-corrected chi connectivity index (χ4v) is 4.41. The highest BCUT2D eigenvalue weighted by Crippen LogP contribution is 2.32. The van der Waals surface area contributed by atoms with Crippen LogP contribution in [0.25, 0.3) is 10.9 Å². The molecule has 2 heterocycles. The molecule has 3 aromatic rings. The van der Waals surface area contributed by atoms with Gasteiger partial charge in [0.1, 0.15) is 0 Å². The molecule has 1 fully saturated rings. The number of benzene rings is 2. The molecule has 5 nitrogen and oxygen atoms in total. The van der Waals surface area contributed by atoms with Gasteiger partial charge in [-0.3, -0.25) is 4.79 Å². The van der Waals surface area contributed by atoms with E-state index >= 15 is 0 Å². The molecule has 1 aliphatic rings. The van der Waals surface area contributed by atoms with Gasteiger partial charge in [0.25, 0.3) is 0 Å². The number of nitrogens with zero attached hydrogens (tertiary/aromatic N) is 1. The van der Waals surface area contributed by atoms with Gasteiger partial charge in [0.05, 0.1) is 18.6 Å². The number of para-hydroxylation sites is 1. The van der Waals surface area contributed by atoms with Crippen LogP contribution < -0.4 is 16.2 Å². The topological polar surface area (TPSA) is 58.1 Å². The van der Waals surface area contributed by atoms with Crippen LogP contribution in [0, 0.1) is 6.92 Å². The molecule has 0 radical (unpaired) electrons. The predicted octanol–water partition coefficient (Wildman–Crippen LogP) is 3.96. The van der Waals surface area contributed by atoms with E-state index < -0.39 is 0 Å². The van der Waals surface area contributed by atoms with Crippen molar-refractivity contribution in [1.29, 1.82) is 0 Å². The van der Waals surface area contributed by atoms with Gasteiger partial charge in [-0.1, -0.05) is 46.3 Å². The smallest absolute Gasteiger partial charge is 0.225 e. The third-order valence-electron chi connectivity index (χ3n) is 5.44. The summed E-state index contributed by atoms with van der Waals surface area (Å²) in [5, 5.41) is 4.39. The number of hydrogen-bond donors (Lipinski definition) is 3. The van der Waals surface area contributed by atoms with Crippen molar-refractivity contribution in [1.82, 2.24) is 20.7 Å². The Hall–Kier alpha value is -2.15. The minimum Gasteiger partial charge on any atom is -0.343 e. The standard InChI is InChI=1S/C22H25BrN4O/c1-3-27-19-7-5-4-6-17(19)14(2)22(27)18-13-20(26-25-18)24-21(28)12-15-8-10-16(23)11-9-15/h4-11,18,20,25-26H,3,12-13H2,1-2H3,(H,24,28). The van der Waals surface area contributed by atoms with Crippen molar-refractivity contribution in [3.63, 3.8) is 0 Å². The summed E-state index contributed by atoms with van der Waals surface area (Å²) in [7, 11) is 0. The minimum absolute atomic E-state index is 0.0232. The molecule has 4 rings (SSSR count). The number of amides is 1. The molecular formula is C22H25BrN4O. The van der Waals surface area contributed by atoms with Crippen molar-refractivity contribution in [2.75, 3.05) is 0 Å². The lowest BCUT2D eigenvalue weighted by Gasteiger charge is -2.15. The second-order valence-electron chi connectivity index (χ2n) is 7.27. The monoisotopic (exact) mass is 440 g/mol. The Labute approximate surface area is 173 Å². The Morgan fingerprint density at radius 3 is 2.68 bits per heavy atom. The number of hydrazine groups is 1. The van der Waals surface area contributed by atoms with Gasteiger partial charge in [-0.05, 0) is 43.2 Å². The van der Waals surface area contributed by atoms with Crippen molar-refractivity contribution in [3.05, 3.63) is 69.8 Å². The molecule has 1 saturated heterocycles. The lowest BCUT2D eigenvalue weighted by molar-refractivity contribution is -0.121. The predicted molar refractivity (Wildman–Crippen MR) is 116 cm³/mol. The number of fused-ring (bicyclic) bond motifs is 1. The van der Waals surface area contributed by atoms with E-state index in [2.05, 4.69) is 74.8 Å². The van der Waals surface area contributed by atoms with Crippen molar-refractivity contribution in [3.8, 4) is 0 Å². The number of nitrogens with one attached hydrogen (secondary N) is 3. The Bertz CT molecular complexity index is 996. The van der Waals surface area contributed by atoms with E-state index in [1.807, 2.05) is 24.3 Å². The highest BCUT2D eigenvalue weighted by Gasteiger charge is 2.30. The molecule has 3 N–H and O–H groups in total. The van der Waals surface area contributed by atoms with Crippen LogP contribution in [0.3, 0.4) is 0 Å². The molecule has 2 atom stereocenters. The maximum Gasteiger partial charge on any atom is 0.225 e. The number of carbonyl (C=O) groups is 1. The summed E-state index contributed by atoms with van der Waals surface area (Å²) in [5.41, 5.74) is 11.5. The summed E-state index contributed by atoms with van der Waals surface area (Å²) in [6, 6.07) is 16.5. The van der Waals surface area contributed by atoms with E-state index in [1.54, 1.807) is 0 Å². The van der Waals surface area contributed by atoms with E-state index in [1.165, 1.54) is 22.2 Å². The van der Waals surface area contributed by atoms with Gasteiger partial charge in [-0.15, -0.1) is 0 Å². The molecule has 28 heavy (non-hydrogen) atoms. The molecule has 6 heteroatoms. The maximum absolute atomic E-state index is 12.4. The van der Waals surface area contributed by atoms with Crippen LogP contribution in [0.1, 0.15) is 36.2 Å². The molecule has 0 saturated carbocycles. The zero-order valence-corrected chi connectivity index (χ0v) is 17.7. The van der Waals surface area contributed by atoms with E-state index in [-0.39, 0.29) is 18.1 Å². The number of carbonyl (C=O) groups excluding carboxylic acids is 1. The van der Waals surface area contributed by atoms with Gasteiger partial charge in [0.2, 0.25) is 5.91 Å². The highest BCUT2D eigenvalue weighted by molar-refractivity contribution is 9.10. The zero-order valence-electron chi connectivity index (χ0n) is 16.1. The molecule has 0 bridgehead atoms. The van der Waals surface area contributed by atoms with E-state index in [0.29, 0.717) is 6.42 Å². The Balaban J connectivity index is 1.46. The van der Waals surface area contributed by atoms with Crippen LogP contribution in [0.5, 0.6) is 0 Å². The zero-order chi connectivity index (χ0) is 19.7. The quantitative estimate of drug-likeness (QED) is 0.562. The van der Waals surface area contributed by atoms with E-state index in [0.717, 1.165) is 23.0 Å². The van der Waals surface area contributed by atoms with Crippen LogP contribution in [0.4, 0.5) is 0 Å². The van der Waals surface area contributed by atoms with Crippen LogP contribution in [-0.2, 0) is 17.8 Å². The molecule has 146 valence electrons. The number of rotatable bonds is 5. The van der Waals surface area contributed by atoms with Crippen LogP contribution in [0.15, 0.2) is 53.0 Å². The third kappa shape index (κ3) is 3.72. The number of aromatic nitrogens is 1. The van der Waals surface area contributed by atoms with Gasteiger partial charge < -0.3 is 9.88 Å². The van der Waals surface area contributed by atoms with Crippen LogP contribution in [0.2, 0.25) is 0 Å². The van der Waals surface area contributed by atoms with Gasteiger partial charge in [-0.25, -0.2) is 10.9 Å². The Kier molecular flexibility index (Phi) is 5.53. The summed E-state index contributed by atoms with van der Waals surface area (Å²) >= 11 is 3.42. The lowest BCUT2D eigenvalue weighted by Crippen LogP contribution is -2.44. The molecule has 0 aliphatic carbocycles. The van der Waals surface area contributed by atoms with Crippen molar-refractivity contribution >= 4 is 32.7 Å². The highest BCUT2D eigenvalue weighted by atomic mass is 79.9. The van der Waals surface area contributed by atoms with Crippen molar-refractivity contribution in [2.45, 2.75) is 45.4 Å². The van der Waals surface area contributed by atoms with Gasteiger partial charge in [-0.2, -0.15) is 0 Å². The average molecular weight is 441 g/mol. The molecule has 2 aromatic carbocycles. The Morgan fingerprint density at radius 1 is 1.18 bits per heavy atom. The number of halogens is 1. The molecular weight excluding hydrogens is 416 g/mol. The lowest BCUT2D eigenvalue weighted by atomic mass is 10.1. The van der Waals surface area contributed by atoms with Crippen LogP contribution in [-0.4, -0.2) is 16.6 Å². The maximum atomic E-state index is 12.4. The largest absolute Gasteiger partial charge is 0.343 e. The fraction of sp³-hybridized carbons (Fsp3) is 0.318. The van der Waals surface area contributed by atoms with Crippen molar-refractivity contribution < 1.29 is 4.79 Å². The molecule has 1 amide bonds. The summed E-state index contributed by atoms with van der Waals surface area (Å²) in [6.45, 7) is 5.28. The molecule has 1 aliphatic heterocycles. The van der Waals surface area contributed by atoms with Crippen molar-refractivity contribution in [2.24, 2.45) is 0 Å². The molecule has 2 unspecified atom stereocenters. The summed E-state index contributed by atoms with van der Waals surface area (Å²) in [5.74, 6) is 0.0232. The Morgan fingerprint density at radius 2 is 1.93 bits per heavy atom. The number of hydrogen-bond acceptors (Lipinski definition) is 3. The third-order valence-corrected chi connectivity index (χ3v) is 5.97. The van der Waals surface area contributed by atoms with E-state index in [9.17, 15) is 4.79 Å². The van der Waals surface area contributed by atoms with Gasteiger partial charge in [0.15, 0.2) is 0 Å². The summed E-state index contributed by atoms with van der Waals surface area (Å²) < 4.78 is 3.39. The minimum atomic E-state index is -0.0873. The molecule has 0 spiro atoms. The van der Waals surface area contributed by atoms with Gasteiger partial charge >= 0.3 is 0 Å². The van der Waals surface area contributed by atoms with Crippen LogP contribution >= 0.6 is 15.9 Å². The first kappa shape index (κ1) is 19.2. The second-order valence-corrected chi connectivity index (χ2v) is 8.19. The average Bonchev–Trinajstić information content (AvgIpc) is 3.25. The fourth-order valence-electron chi connectivity index (χ4n) is 4.15. The normalized spacial score (nSPS) is 19.2. The first-order valence-corrected chi connectivity index (χ1v) is 10.5. The van der Waals surface area contributed by atoms with Gasteiger partial charge in [0, 0.05) is 34.0 Å². The number of aryl methyl sites for hydroxylation is 2.